The van der Waals surface area contributed by atoms with Crippen LogP contribution in [-0.4, -0.2) is 16.7 Å². The molecule has 0 amide bonds. The summed E-state index contributed by atoms with van der Waals surface area (Å²) in [6.45, 7) is 5.67. The fourth-order valence-corrected chi connectivity index (χ4v) is 1.04. The summed E-state index contributed by atoms with van der Waals surface area (Å²) in [5, 5.41) is 12.7. The first-order chi connectivity index (χ1) is 6.42. The van der Waals surface area contributed by atoms with Gasteiger partial charge in [0.25, 0.3) is 0 Å². The molecule has 78 valence electrons. The Morgan fingerprint density at radius 3 is 2.21 bits per heavy atom. The van der Waals surface area contributed by atoms with Crippen LogP contribution in [0.5, 0.6) is 0 Å². The Labute approximate surface area is 84.9 Å². The molecular weight excluding hydrogens is 176 g/mol. The number of anilines is 2. The van der Waals surface area contributed by atoms with Crippen LogP contribution in [0.1, 0.15) is 20.8 Å². The van der Waals surface area contributed by atoms with E-state index in [0.717, 1.165) is 11.4 Å². The van der Waals surface area contributed by atoms with E-state index >= 15 is 0 Å². The van der Waals surface area contributed by atoms with Crippen LogP contribution in [0.2, 0.25) is 0 Å². The summed E-state index contributed by atoms with van der Waals surface area (Å²) in [6.07, 6.45) is -0.417. The van der Waals surface area contributed by atoms with Crippen LogP contribution in [0.4, 0.5) is 11.4 Å². The van der Waals surface area contributed by atoms with Gasteiger partial charge in [0.1, 0.15) is 0 Å². The molecule has 1 unspecified atom stereocenters. The highest BCUT2D eigenvalue weighted by Crippen LogP contribution is 2.19. The highest BCUT2D eigenvalue weighted by atomic mass is 16.3. The highest BCUT2D eigenvalue weighted by Gasteiger charge is 2.23. The molecule has 0 saturated heterocycles. The average Bonchev–Trinajstić information content (AvgIpc) is 2.08. The van der Waals surface area contributed by atoms with Crippen molar-refractivity contribution in [3.63, 3.8) is 0 Å². The van der Waals surface area contributed by atoms with Crippen molar-refractivity contribution in [1.82, 2.24) is 0 Å². The zero-order valence-electron chi connectivity index (χ0n) is 8.91. The smallest absolute Gasteiger partial charge is 0.0736 e. The molecule has 0 aliphatic carbocycles. The van der Waals surface area contributed by atoms with Crippen molar-refractivity contribution in [2.45, 2.75) is 32.4 Å². The fraction of sp³-hybridized carbons (Fsp3) is 0.455. The van der Waals surface area contributed by atoms with E-state index in [4.69, 9.17) is 5.73 Å². The van der Waals surface area contributed by atoms with Gasteiger partial charge < -0.3 is 16.2 Å². The average molecular weight is 194 g/mol. The molecule has 0 saturated carbocycles. The topological polar surface area (TPSA) is 58.3 Å². The van der Waals surface area contributed by atoms with Crippen molar-refractivity contribution >= 4 is 11.4 Å². The van der Waals surface area contributed by atoms with Gasteiger partial charge in [0.15, 0.2) is 0 Å². The van der Waals surface area contributed by atoms with E-state index in [1.54, 1.807) is 6.92 Å². The monoisotopic (exact) mass is 194 g/mol. The molecule has 0 aliphatic heterocycles. The Morgan fingerprint density at radius 1 is 1.29 bits per heavy atom. The lowest BCUT2D eigenvalue weighted by Crippen LogP contribution is -2.41. The second-order valence-corrected chi connectivity index (χ2v) is 4.14. The van der Waals surface area contributed by atoms with Gasteiger partial charge in [-0.3, -0.25) is 0 Å². The van der Waals surface area contributed by atoms with E-state index in [1.165, 1.54) is 0 Å². The van der Waals surface area contributed by atoms with Crippen molar-refractivity contribution in [2.24, 2.45) is 0 Å². The van der Waals surface area contributed by atoms with Crippen LogP contribution in [0.15, 0.2) is 24.3 Å². The molecule has 0 aromatic heterocycles. The molecule has 0 radical (unpaired) electrons. The van der Waals surface area contributed by atoms with Gasteiger partial charge in [-0.25, -0.2) is 0 Å². The van der Waals surface area contributed by atoms with Gasteiger partial charge in [-0.2, -0.15) is 0 Å². The molecule has 0 fully saturated rings. The number of aliphatic hydroxyl groups excluding tert-OH is 1. The number of rotatable bonds is 3. The van der Waals surface area contributed by atoms with Gasteiger partial charge in [0.2, 0.25) is 0 Å². The number of hydrogen-bond donors (Lipinski definition) is 3. The quantitative estimate of drug-likeness (QED) is 0.643. The van der Waals surface area contributed by atoms with Crippen molar-refractivity contribution < 1.29 is 5.11 Å². The molecule has 1 aromatic rings. The van der Waals surface area contributed by atoms with Gasteiger partial charge >= 0.3 is 0 Å². The summed E-state index contributed by atoms with van der Waals surface area (Å²) in [5.74, 6) is 0. The van der Waals surface area contributed by atoms with Crippen LogP contribution in [0.3, 0.4) is 0 Å². The molecule has 1 aromatic carbocycles. The van der Waals surface area contributed by atoms with E-state index in [-0.39, 0.29) is 5.54 Å². The second-order valence-electron chi connectivity index (χ2n) is 4.14. The summed E-state index contributed by atoms with van der Waals surface area (Å²) in [4.78, 5) is 0. The summed E-state index contributed by atoms with van der Waals surface area (Å²) >= 11 is 0. The molecule has 3 heteroatoms. The number of nitrogens with two attached hydrogens (primary N) is 1. The molecule has 4 N–H and O–H groups in total. The van der Waals surface area contributed by atoms with E-state index in [1.807, 2.05) is 38.1 Å². The van der Waals surface area contributed by atoms with Crippen LogP contribution in [0, 0.1) is 0 Å². The van der Waals surface area contributed by atoms with Gasteiger partial charge in [-0.05, 0) is 45.0 Å². The highest BCUT2D eigenvalue weighted by molar-refractivity contribution is 5.52. The van der Waals surface area contributed by atoms with Crippen molar-refractivity contribution in [2.75, 3.05) is 11.1 Å². The Bertz CT molecular complexity index is 291. The summed E-state index contributed by atoms with van der Waals surface area (Å²) in [6, 6.07) is 7.47. The standard InChI is InChI=1S/C11H18N2O/c1-8(14)11(2,3)13-10-6-4-9(12)5-7-10/h4-8,13-14H,12H2,1-3H3. The maximum Gasteiger partial charge on any atom is 0.0736 e. The van der Waals surface area contributed by atoms with Crippen molar-refractivity contribution in [1.29, 1.82) is 0 Å². The normalized spacial score (nSPS) is 13.7. The third kappa shape index (κ3) is 2.64. The number of nitrogen functional groups attached to an aromatic ring is 1. The maximum atomic E-state index is 9.51. The lowest BCUT2D eigenvalue weighted by Gasteiger charge is -2.30. The lowest BCUT2D eigenvalue weighted by atomic mass is 9.98. The number of benzene rings is 1. The Hall–Kier alpha value is -1.22. The number of nitrogens with one attached hydrogen (secondary N) is 1. The molecule has 0 aliphatic rings. The SMILES string of the molecule is CC(O)C(C)(C)Nc1ccc(N)cc1. The predicted molar refractivity (Wildman–Crippen MR) is 60.2 cm³/mol. The third-order valence-corrected chi connectivity index (χ3v) is 2.42. The van der Waals surface area contributed by atoms with Crippen LogP contribution < -0.4 is 11.1 Å². The predicted octanol–water partition coefficient (Wildman–Crippen LogP) is 1.84. The van der Waals surface area contributed by atoms with E-state index < -0.39 is 6.10 Å². The van der Waals surface area contributed by atoms with Gasteiger partial charge in [0, 0.05) is 11.4 Å². The summed E-state index contributed by atoms with van der Waals surface area (Å²) in [7, 11) is 0. The first kappa shape index (κ1) is 10.9. The van der Waals surface area contributed by atoms with E-state index in [9.17, 15) is 5.11 Å². The van der Waals surface area contributed by atoms with Crippen LogP contribution >= 0.6 is 0 Å². The number of aliphatic hydroxyl groups is 1. The molecular formula is C11H18N2O. The molecule has 1 rings (SSSR count). The summed E-state index contributed by atoms with van der Waals surface area (Å²) < 4.78 is 0. The van der Waals surface area contributed by atoms with Crippen LogP contribution in [0.25, 0.3) is 0 Å². The molecule has 1 atom stereocenters. The first-order valence-electron chi connectivity index (χ1n) is 4.73. The van der Waals surface area contributed by atoms with E-state index in [0.29, 0.717) is 0 Å². The largest absolute Gasteiger partial charge is 0.399 e. The minimum absolute atomic E-state index is 0.337. The third-order valence-electron chi connectivity index (χ3n) is 2.42. The van der Waals surface area contributed by atoms with E-state index in [2.05, 4.69) is 5.32 Å². The zero-order valence-corrected chi connectivity index (χ0v) is 8.91. The van der Waals surface area contributed by atoms with Gasteiger partial charge in [-0.15, -0.1) is 0 Å². The van der Waals surface area contributed by atoms with Crippen molar-refractivity contribution in [3.05, 3.63) is 24.3 Å². The molecule has 3 nitrogen and oxygen atoms in total. The minimum Gasteiger partial charge on any atom is -0.399 e. The van der Waals surface area contributed by atoms with Crippen LogP contribution in [-0.2, 0) is 0 Å². The Morgan fingerprint density at radius 2 is 1.79 bits per heavy atom. The number of hydrogen-bond acceptors (Lipinski definition) is 3. The Kier molecular flexibility index (Phi) is 3.01. The van der Waals surface area contributed by atoms with Crippen molar-refractivity contribution in [3.8, 4) is 0 Å². The molecule has 14 heavy (non-hydrogen) atoms. The van der Waals surface area contributed by atoms with Gasteiger partial charge in [0.05, 0.1) is 11.6 Å². The second kappa shape index (κ2) is 3.88. The summed E-state index contributed by atoms with van der Waals surface area (Å²) in [5.41, 5.74) is 6.94. The molecule has 0 bridgehead atoms. The Balaban J connectivity index is 2.74. The maximum absolute atomic E-state index is 9.51. The zero-order chi connectivity index (χ0) is 10.8. The van der Waals surface area contributed by atoms with Gasteiger partial charge in [-0.1, -0.05) is 0 Å². The minimum atomic E-state index is -0.417. The first-order valence-corrected chi connectivity index (χ1v) is 4.73. The lowest BCUT2D eigenvalue weighted by molar-refractivity contribution is 0.133. The fourth-order valence-electron chi connectivity index (χ4n) is 1.04. The molecule has 0 spiro atoms. The molecule has 0 heterocycles.